The highest BCUT2D eigenvalue weighted by atomic mass is 35.5. The number of ether oxygens (including phenoxy) is 4. The standard InChI is InChI=1S/C24H28ClN5O.C24H24N4O4.C22H22ClN3OS/c1-6-17-15-29-24-19(12-18(26-2)13-21(24)27-9-10-30(3)4)23(17)28-14-16-7-8-22(31-5)20(25)11-16;1-6-32-24(30)19-13-27-23-18(10-17(25-4)11-20(23)28-15(3)29)22(19)26-12-16-7-8-21(31-5)14(2)9-16;1-5-15-13-26-22-17(10-16(24-3)11-20(22)28-6-2)21(15)25-12-14-7-8-19(27-4)18(23)9-14/h7-8,11-13,15,27H,6,9-10,14H2,1,3-5H3,(H,28,29);7-11,13H,6,12H2,1-3,5H3,(H,26,27)(H,28,29);7-11,13H,5-6,12H2,1-2,4H3,(H,25,26). The Morgan fingerprint density at radius 1 is 0.582 bits per heavy atom. The highest BCUT2D eigenvalue weighted by Crippen LogP contribution is 2.40. The van der Waals surface area contributed by atoms with Gasteiger partial charge in [0.1, 0.15) is 22.8 Å². The van der Waals surface area contributed by atoms with Gasteiger partial charge in [-0.25, -0.2) is 19.3 Å². The van der Waals surface area contributed by atoms with Crippen molar-refractivity contribution >= 4 is 125 Å². The summed E-state index contributed by atoms with van der Waals surface area (Å²) in [5.74, 6) is 2.23. The van der Waals surface area contributed by atoms with E-state index in [1.54, 1.807) is 52.1 Å². The third-order valence-corrected chi connectivity index (χ3v) is 15.9. The number of hydrogen-bond acceptors (Lipinski definition) is 15. The topological polar surface area (TPSA) is 186 Å². The second-order valence-electron chi connectivity index (χ2n) is 20.9. The van der Waals surface area contributed by atoms with E-state index in [0.717, 1.165) is 115 Å². The molecular formula is C70H74Cl2N12O6S. The van der Waals surface area contributed by atoms with Crippen molar-refractivity contribution in [1.82, 2.24) is 19.9 Å². The lowest BCUT2D eigenvalue weighted by molar-refractivity contribution is -0.114. The monoisotopic (exact) mass is 1280 g/mol. The molecule has 0 saturated carbocycles. The average Bonchev–Trinajstić information content (AvgIpc) is 1.31. The summed E-state index contributed by atoms with van der Waals surface area (Å²) in [5.41, 5.74) is 14.1. The number of hydrogen-bond donors (Lipinski definition) is 5. The van der Waals surface area contributed by atoms with E-state index in [-0.39, 0.29) is 18.1 Å². The van der Waals surface area contributed by atoms with E-state index in [0.29, 0.717) is 80.5 Å². The largest absolute Gasteiger partial charge is 0.496 e. The first-order valence-electron chi connectivity index (χ1n) is 29.4. The molecule has 3 aromatic heterocycles. The Morgan fingerprint density at radius 3 is 1.52 bits per heavy atom. The summed E-state index contributed by atoms with van der Waals surface area (Å²) < 4.78 is 21.0. The minimum atomic E-state index is -0.524. The lowest BCUT2D eigenvalue weighted by Gasteiger charge is -2.18. The SMILES string of the molecule is [C-]#[N+]c1cc(NC(C)=O)c2ncc(C(=O)OCC)c(NCc3ccc(OC)c(C)c3)c2c1.[C-]#[N+]c1cc(NCCN(C)C)c2ncc(CC)c(NCc3ccc(OC)c(Cl)c3)c2c1.[C-]#[N+]c1cc(SCC)c2ncc(CC)c(NCc3ccc(OC)c(Cl)c3)c2c1. The number of carbonyl (C=O) groups excluding carboxylic acids is 2. The second-order valence-corrected chi connectivity index (χ2v) is 23.0. The Bertz CT molecular complexity index is 4240. The molecule has 5 N–H and O–H groups in total. The van der Waals surface area contributed by atoms with Crippen LogP contribution >= 0.6 is 35.0 Å². The van der Waals surface area contributed by atoms with Gasteiger partial charge in [-0.3, -0.25) is 19.7 Å². The van der Waals surface area contributed by atoms with Gasteiger partial charge >= 0.3 is 5.97 Å². The van der Waals surface area contributed by atoms with Crippen LogP contribution in [0, 0.1) is 26.6 Å². The van der Waals surface area contributed by atoms with Crippen LogP contribution in [0.2, 0.25) is 10.0 Å². The summed E-state index contributed by atoms with van der Waals surface area (Å²) in [4.78, 5) is 52.1. The number of fused-ring (bicyclic) bond motifs is 3. The van der Waals surface area contributed by atoms with Crippen molar-refractivity contribution < 1.29 is 28.5 Å². The molecule has 0 aliphatic carbocycles. The normalized spacial score (nSPS) is 10.6. The number of nitrogens with zero attached hydrogens (tertiary/aromatic N) is 7. The van der Waals surface area contributed by atoms with E-state index in [4.69, 9.17) is 71.8 Å². The fourth-order valence-corrected chi connectivity index (χ4v) is 11.4. The fraction of sp³-hybridized carbons (Fsp3) is 0.286. The maximum absolute atomic E-state index is 12.6. The molecule has 0 spiro atoms. The molecule has 0 bridgehead atoms. The Morgan fingerprint density at radius 2 is 1.04 bits per heavy atom. The van der Waals surface area contributed by atoms with E-state index >= 15 is 0 Å². The van der Waals surface area contributed by atoms with E-state index in [1.165, 1.54) is 13.1 Å². The first-order valence-corrected chi connectivity index (χ1v) is 31.2. The van der Waals surface area contributed by atoms with Crippen LogP contribution in [0.5, 0.6) is 17.2 Å². The molecule has 0 aliphatic rings. The molecule has 0 radical (unpaired) electrons. The van der Waals surface area contributed by atoms with Crippen molar-refractivity contribution in [2.75, 3.05) is 87.5 Å². The predicted octanol–water partition coefficient (Wildman–Crippen LogP) is 17.2. The van der Waals surface area contributed by atoms with Crippen LogP contribution in [0.15, 0.2) is 114 Å². The van der Waals surface area contributed by atoms with Gasteiger partial charge in [0.15, 0.2) is 17.1 Å². The quantitative estimate of drug-likeness (QED) is 0.0231. The predicted molar refractivity (Wildman–Crippen MR) is 372 cm³/mol. The molecular weight excluding hydrogens is 1210 g/mol. The third kappa shape index (κ3) is 17.7. The number of amides is 1. The maximum atomic E-state index is 12.6. The van der Waals surface area contributed by atoms with Crippen LogP contribution in [0.1, 0.15) is 78.4 Å². The van der Waals surface area contributed by atoms with Crippen LogP contribution in [-0.2, 0) is 42.0 Å². The van der Waals surface area contributed by atoms with Gasteiger partial charge in [-0.2, -0.15) is 0 Å². The highest BCUT2D eigenvalue weighted by molar-refractivity contribution is 7.99. The summed E-state index contributed by atoms with van der Waals surface area (Å²) in [6.45, 7) is 37.3. The number of benzene rings is 6. The number of esters is 1. The third-order valence-electron chi connectivity index (χ3n) is 14.4. The Labute approximate surface area is 546 Å². The van der Waals surface area contributed by atoms with Crippen LogP contribution in [0.3, 0.4) is 0 Å². The minimum Gasteiger partial charge on any atom is -0.496 e. The van der Waals surface area contributed by atoms with E-state index in [9.17, 15) is 9.59 Å². The number of likely N-dealkylation sites (N-methyl/N-ethyl adjacent to an activating group) is 1. The first-order chi connectivity index (χ1) is 43.9. The van der Waals surface area contributed by atoms with Gasteiger partial charge in [-0.15, -0.1) is 11.8 Å². The number of anilines is 5. The van der Waals surface area contributed by atoms with Gasteiger partial charge in [-0.1, -0.05) is 68.2 Å². The molecule has 0 unspecified atom stereocenters. The lowest BCUT2D eigenvalue weighted by atomic mass is 10.0. The fourth-order valence-electron chi connectivity index (χ4n) is 9.98. The number of pyridine rings is 3. The van der Waals surface area contributed by atoms with E-state index in [2.05, 4.69) is 71.8 Å². The van der Waals surface area contributed by atoms with Crippen LogP contribution in [-0.4, -0.2) is 92.6 Å². The molecule has 18 nitrogen and oxygen atoms in total. The molecule has 21 heteroatoms. The van der Waals surface area contributed by atoms with Gasteiger partial charge in [0.25, 0.3) is 0 Å². The van der Waals surface area contributed by atoms with Gasteiger partial charge in [0, 0.05) is 90.7 Å². The molecule has 9 rings (SSSR count). The van der Waals surface area contributed by atoms with Gasteiger partial charge in [0.2, 0.25) is 5.91 Å². The molecule has 9 aromatic rings. The van der Waals surface area contributed by atoms with E-state index < -0.39 is 5.97 Å². The number of aromatic nitrogens is 3. The van der Waals surface area contributed by atoms with Crippen LogP contribution in [0.4, 0.5) is 45.5 Å². The summed E-state index contributed by atoms with van der Waals surface area (Å²) in [7, 11) is 8.91. The average molecular weight is 1280 g/mol. The molecule has 3 heterocycles. The number of nitrogens with one attached hydrogen (secondary N) is 5. The minimum absolute atomic E-state index is 0.215. The smallest absolute Gasteiger partial charge is 0.341 e. The number of halogens is 2. The molecule has 0 atom stereocenters. The van der Waals surface area contributed by atoms with Crippen LogP contribution < -0.4 is 40.8 Å². The zero-order valence-electron chi connectivity index (χ0n) is 53.0. The number of thioether (sulfide) groups is 1. The molecule has 470 valence electrons. The number of carbonyl (C=O) groups is 2. The van der Waals surface area contributed by atoms with Crippen LogP contribution in [0.25, 0.3) is 47.2 Å². The molecule has 6 aromatic carbocycles. The Balaban J connectivity index is 0.000000194. The highest BCUT2D eigenvalue weighted by Gasteiger charge is 2.21. The van der Waals surface area contributed by atoms with Crippen molar-refractivity contribution in [3.8, 4) is 17.2 Å². The lowest BCUT2D eigenvalue weighted by Crippen LogP contribution is -2.20. The Hall–Kier alpha value is -9.55. The van der Waals surface area contributed by atoms with Crippen molar-refractivity contribution in [3.05, 3.63) is 193 Å². The zero-order chi connectivity index (χ0) is 65.7. The summed E-state index contributed by atoms with van der Waals surface area (Å²) in [5, 5.41) is 20.2. The first kappa shape index (κ1) is 68.9. The molecule has 0 aliphatic heterocycles. The number of methoxy groups -OCH3 is 3. The molecule has 1 amide bonds. The second kappa shape index (κ2) is 33.3. The van der Waals surface area contributed by atoms with E-state index in [1.807, 2.05) is 112 Å². The Kier molecular flexibility index (Phi) is 25.2. The molecule has 0 fully saturated rings. The van der Waals surface area contributed by atoms with Crippen molar-refractivity contribution in [1.29, 1.82) is 0 Å². The molecule has 0 saturated heterocycles. The molecule has 91 heavy (non-hydrogen) atoms. The van der Waals surface area contributed by atoms with Gasteiger partial charge in [0.05, 0.1) is 91.3 Å². The maximum Gasteiger partial charge on any atom is 0.341 e. The van der Waals surface area contributed by atoms with Gasteiger partial charge in [-0.05, 0) is 147 Å². The summed E-state index contributed by atoms with van der Waals surface area (Å²) >= 11 is 14.3. The number of rotatable bonds is 23. The summed E-state index contributed by atoms with van der Waals surface area (Å²) in [6, 6.07) is 28.2. The van der Waals surface area contributed by atoms with Crippen molar-refractivity contribution in [3.63, 3.8) is 0 Å². The summed E-state index contributed by atoms with van der Waals surface area (Å²) in [6.07, 6.45) is 6.96. The zero-order valence-corrected chi connectivity index (χ0v) is 55.3. The van der Waals surface area contributed by atoms with Crippen molar-refractivity contribution in [2.45, 2.75) is 78.9 Å². The van der Waals surface area contributed by atoms with Gasteiger partial charge < -0.3 is 50.4 Å². The van der Waals surface area contributed by atoms with Crippen molar-refractivity contribution in [2.24, 2.45) is 0 Å². The number of aryl methyl sites for hydroxylation is 3.